The van der Waals surface area contributed by atoms with Gasteiger partial charge in [0.15, 0.2) is 0 Å². The fourth-order valence-electron chi connectivity index (χ4n) is 2.95. The minimum absolute atomic E-state index is 0.531. The first kappa shape index (κ1) is 16.6. The van der Waals surface area contributed by atoms with E-state index < -0.39 is 0 Å². The molecule has 0 bridgehead atoms. The molecule has 1 unspecified atom stereocenters. The Labute approximate surface area is 137 Å². The average Bonchev–Trinajstić information content (AvgIpc) is 2.46. The molecule has 0 spiro atoms. The molecular formula is C19H27BrO. The molecule has 0 saturated carbocycles. The summed E-state index contributed by atoms with van der Waals surface area (Å²) in [6.07, 6.45) is 10.7. The summed E-state index contributed by atoms with van der Waals surface area (Å²) in [4.78, 5) is 0. The van der Waals surface area contributed by atoms with E-state index in [0.717, 1.165) is 29.7 Å². The van der Waals surface area contributed by atoms with E-state index in [9.17, 15) is 0 Å². The smallest absolute Gasteiger partial charge is 0.133 e. The Morgan fingerprint density at radius 3 is 2.76 bits per heavy atom. The highest BCUT2D eigenvalue weighted by Gasteiger charge is 2.21. The van der Waals surface area contributed by atoms with Crippen molar-refractivity contribution in [3.8, 4) is 5.75 Å². The van der Waals surface area contributed by atoms with Crippen LogP contribution in [0.1, 0.15) is 63.5 Å². The lowest BCUT2D eigenvalue weighted by molar-refractivity contribution is 0.303. The molecule has 116 valence electrons. The predicted molar refractivity (Wildman–Crippen MR) is 94.2 cm³/mol. The van der Waals surface area contributed by atoms with Gasteiger partial charge >= 0.3 is 0 Å². The number of rotatable bonds is 7. The number of fused-ring (bicyclic) bond motifs is 1. The molecule has 0 saturated heterocycles. The molecule has 0 aliphatic heterocycles. The van der Waals surface area contributed by atoms with Gasteiger partial charge in [0.05, 0.1) is 11.1 Å². The summed E-state index contributed by atoms with van der Waals surface area (Å²) in [6, 6.07) is 4.50. The third-order valence-corrected chi connectivity index (χ3v) is 4.83. The van der Waals surface area contributed by atoms with Gasteiger partial charge in [-0.25, -0.2) is 0 Å². The third kappa shape index (κ3) is 4.35. The maximum absolute atomic E-state index is 5.97. The number of benzene rings is 1. The molecule has 2 heteroatoms. The van der Waals surface area contributed by atoms with Crippen LogP contribution in [0.4, 0.5) is 0 Å². The van der Waals surface area contributed by atoms with Crippen molar-refractivity contribution < 1.29 is 4.74 Å². The molecule has 2 rings (SSSR count). The van der Waals surface area contributed by atoms with E-state index >= 15 is 0 Å². The Morgan fingerprint density at radius 2 is 2.05 bits per heavy atom. The summed E-state index contributed by atoms with van der Waals surface area (Å²) >= 11 is 3.69. The van der Waals surface area contributed by atoms with Crippen LogP contribution in [-0.4, -0.2) is 6.61 Å². The van der Waals surface area contributed by atoms with Crippen LogP contribution >= 0.6 is 15.9 Å². The summed E-state index contributed by atoms with van der Waals surface area (Å²) < 4.78 is 7.07. The molecule has 0 heterocycles. The van der Waals surface area contributed by atoms with Gasteiger partial charge < -0.3 is 4.74 Å². The summed E-state index contributed by atoms with van der Waals surface area (Å²) in [5.74, 6) is 2.17. The Bertz CT molecular complexity index is 491. The first-order valence-corrected chi connectivity index (χ1v) is 9.04. The van der Waals surface area contributed by atoms with E-state index in [0.29, 0.717) is 11.8 Å². The van der Waals surface area contributed by atoms with Crippen molar-refractivity contribution in [1.82, 2.24) is 0 Å². The lowest BCUT2D eigenvalue weighted by Crippen LogP contribution is -2.11. The van der Waals surface area contributed by atoms with E-state index in [2.05, 4.69) is 61.0 Å². The Hall–Kier alpha value is -0.760. The number of unbranched alkanes of at least 4 members (excludes halogenated alkanes) is 3. The monoisotopic (exact) mass is 350 g/mol. The van der Waals surface area contributed by atoms with Gasteiger partial charge in [-0.2, -0.15) is 0 Å². The Morgan fingerprint density at radius 1 is 1.24 bits per heavy atom. The molecule has 1 aromatic carbocycles. The van der Waals surface area contributed by atoms with Crippen molar-refractivity contribution >= 4 is 15.9 Å². The normalized spacial score (nSPS) is 17.1. The molecule has 1 aliphatic carbocycles. The number of halogens is 1. The first-order valence-electron chi connectivity index (χ1n) is 8.25. The van der Waals surface area contributed by atoms with Crippen molar-refractivity contribution in [2.75, 3.05) is 6.61 Å². The third-order valence-electron chi connectivity index (χ3n) is 4.21. The molecule has 0 fully saturated rings. The van der Waals surface area contributed by atoms with E-state index in [4.69, 9.17) is 4.74 Å². The second kappa shape index (κ2) is 8.03. The molecule has 0 aromatic heterocycles. The quantitative estimate of drug-likeness (QED) is 0.416. The van der Waals surface area contributed by atoms with Crippen LogP contribution in [0.15, 0.2) is 28.8 Å². The van der Waals surface area contributed by atoms with Crippen molar-refractivity contribution in [3.63, 3.8) is 0 Å². The average molecular weight is 351 g/mol. The lowest BCUT2D eigenvalue weighted by Gasteiger charge is -2.25. The minimum atomic E-state index is 0.531. The zero-order chi connectivity index (χ0) is 15.2. The molecule has 1 aromatic rings. The molecular weight excluding hydrogens is 324 g/mol. The SMILES string of the molecule is CCCCCCOc1cc2c(cc1Br)C(C(C)C)C=CC2. The maximum Gasteiger partial charge on any atom is 0.133 e. The van der Waals surface area contributed by atoms with Crippen LogP contribution in [0.2, 0.25) is 0 Å². The Kier molecular flexibility index (Phi) is 6.35. The molecule has 1 atom stereocenters. The molecule has 0 N–H and O–H groups in total. The number of ether oxygens (including phenoxy) is 1. The zero-order valence-electron chi connectivity index (χ0n) is 13.5. The number of hydrogen-bond acceptors (Lipinski definition) is 1. The second-order valence-corrected chi connectivity index (χ2v) is 7.15. The van der Waals surface area contributed by atoms with Crippen LogP contribution < -0.4 is 4.74 Å². The van der Waals surface area contributed by atoms with Crippen molar-refractivity contribution in [1.29, 1.82) is 0 Å². The van der Waals surface area contributed by atoms with Gasteiger partial charge in [-0.15, -0.1) is 0 Å². The van der Waals surface area contributed by atoms with Gasteiger partial charge in [0.1, 0.15) is 5.75 Å². The van der Waals surface area contributed by atoms with Gasteiger partial charge in [-0.1, -0.05) is 52.2 Å². The first-order chi connectivity index (χ1) is 10.1. The standard InChI is InChI=1S/C19H27BrO/c1-4-5-6-7-11-21-19-12-15-9-8-10-16(14(2)3)17(15)13-18(19)20/h8,10,12-14,16H,4-7,9,11H2,1-3H3. The topological polar surface area (TPSA) is 9.23 Å². The van der Waals surface area contributed by atoms with Gasteiger partial charge in [-0.3, -0.25) is 0 Å². The van der Waals surface area contributed by atoms with Gasteiger partial charge in [0, 0.05) is 5.92 Å². The maximum atomic E-state index is 5.97. The van der Waals surface area contributed by atoms with E-state index in [1.807, 2.05) is 0 Å². The van der Waals surface area contributed by atoms with E-state index in [-0.39, 0.29) is 0 Å². The Balaban J connectivity index is 2.06. The number of hydrogen-bond donors (Lipinski definition) is 0. The van der Waals surface area contributed by atoms with Crippen LogP contribution in [0.3, 0.4) is 0 Å². The van der Waals surface area contributed by atoms with Gasteiger partial charge in [-0.05, 0) is 57.9 Å². The van der Waals surface area contributed by atoms with Gasteiger partial charge in [0.2, 0.25) is 0 Å². The molecule has 0 radical (unpaired) electrons. The van der Waals surface area contributed by atoms with Crippen LogP contribution in [-0.2, 0) is 6.42 Å². The summed E-state index contributed by atoms with van der Waals surface area (Å²) in [5.41, 5.74) is 2.88. The summed E-state index contributed by atoms with van der Waals surface area (Å²) in [6.45, 7) is 7.63. The van der Waals surface area contributed by atoms with Crippen molar-refractivity contribution in [3.05, 3.63) is 39.9 Å². The molecule has 21 heavy (non-hydrogen) atoms. The highest BCUT2D eigenvalue weighted by atomic mass is 79.9. The number of allylic oxidation sites excluding steroid dienone is 2. The van der Waals surface area contributed by atoms with Crippen LogP contribution in [0.5, 0.6) is 5.75 Å². The summed E-state index contributed by atoms with van der Waals surface area (Å²) in [5, 5.41) is 0. The second-order valence-electron chi connectivity index (χ2n) is 6.29. The molecule has 1 aliphatic rings. The van der Waals surface area contributed by atoms with Crippen molar-refractivity contribution in [2.45, 2.75) is 58.8 Å². The zero-order valence-corrected chi connectivity index (χ0v) is 15.1. The van der Waals surface area contributed by atoms with E-state index in [1.54, 1.807) is 0 Å². The van der Waals surface area contributed by atoms with Crippen molar-refractivity contribution in [2.24, 2.45) is 5.92 Å². The minimum Gasteiger partial charge on any atom is -0.492 e. The van der Waals surface area contributed by atoms with E-state index in [1.165, 1.54) is 30.4 Å². The summed E-state index contributed by atoms with van der Waals surface area (Å²) in [7, 11) is 0. The highest BCUT2D eigenvalue weighted by Crippen LogP contribution is 2.38. The van der Waals surface area contributed by atoms with Gasteiger partial charge in [0.25, 0.3) is 0 Å². The predicted octanol–water partition coefficient (Wildman–Crippen LogP) is 6.26. The fraction of sp³-hybridized carbons (Fsp3) is 0.579. The highest BCUT2D eigenvalue weighted by molar-refractivity contribution is 9.10. The molecule has 0 amide bonds. The van der Waals surface area contributed by atoms with Crippen LogP contribution in [0.25, 0.3) is 0 Å². The largest absolute Gasteiger partial charge is 0.492 e. The fourth-order valence-corrected chi connectivity index (χ4v) is 3.42. The lowest BCUT2D eigenvalue weighted by atomic mass is 9.81. The van der Waals surface area contributed by atoms with Crippen LogP contribution in [0, 0.1) is 5.92 Å². The molecule has 1 nitrogen and oxygen atoms in total.